The monoisotopic (exact) mass is 730 g/mol. The van der Waals surface area contributed by atoms with Crippen LogP contribution >= 0.6 is 0 Å². The Labute approximate surface area is 308 Å². The maximum Gasteiger partial charge on any atom is 0.333 e. The second-order valence-corrected chi connectivity index (χ2v) is 11.9. The highest BCUT2D eigenvalue weighted by Crippen LogP contribution is 2.08. The Morgan fingerprint density at radius 1 is 0.608 bits per heavy atom. The second kappa shape index (κ2) is 39.1. The first-order chi connectivity index (χ1) is 24.9. The molecule has 51 heavy (non-hydrogen) atoms. The van der Waals surface area contributed by atoms with Crippen LogP contribution in [-0.4, -0.2) is 136 Å². The number of aliphatic hydroxyl groups is 1. The number of hydrogen-bond donors (Lipinski definition) is 1. The van der Waals surface area contributed by atoms with E-state index in [1.807, 2.05) is 30.3 Å². The molecule has 0 bridgehead atoms. The Morgan fingerprint density at radius 3 is 1.45 bits per heavy atom. The SMILES string of the molecule is C=C(C)C(=O)OCC(C)OCC(C)O.CCCCCCCCCOCCOCCOCCOCCOCCOCCOCCOc1ccccc1. The molecule has 0 aliphatic heterocycles. The third-order valence-electron chi connectivity index (χ3n) is 6.78. The zero-order valence-corrected chi connectivity index (χ0v) is 32.2. The molecule has 1 aromatic carbocycles. The highest BCUT2D eigenvalue weighted by molar-refractivity contribution is 5.86. The van der Waals surface area contributed by atoms with Crippen molar-refractivity contribution in [1.29, 1.82) is 0 Å². The van der Waals surface area contributed by atoms with Gasteiger partial charge in [-0.25, -0.2) is 4.79 Å². The predicted octanol–water partition coefficient (Wildman–Crippen LogP) is 5.82. The number of ether oxygens (including phenoxy) is 10. The van der Waals surface area contributed by atoms with E-state index in [1.54, 1.807) is 20.8 Å². The van der Waals surface area contributed by atoms with E-state index >= 15 is 0 Å². The van der Waals surface area contributed by atoms with Gasteiger partial charge in [-0.15, -0.1) is 0 Å². The molecule has 12 nitrogen and oxygen atoms in total. The van der Waals surface area contributed by atoms with Crippen molar-refractivity contribution in [2.75, 3.05) is 112 Å². The Balaban J connectivity index is 0.00000150. The minimum absolute atomic E-state index is 0.179. The first kappa shape index (κ1) is 48.9. The van der Waals surface area contributed by atoms with Crippen LogP contribution in [-0.2, 0) is 47.4 Å². The summed E-state index contributed by atoms with van der Waals surface area (Å²) in [6, 6.07) is 9.70. The van der Waals surface area contributed by atoms with Gasteiger partial charge in [0, 0.05) is 12.2 Å². The molecule has 1 N–H and O–H groups in total. The van der Waals surface area contributed by atoms with Crippen molar-refractivity contribution in [3.8, 4) is 5.75 Å². The normalized spacial score (nSPS) is 12.2. The van der Waals surface area contributed by atoms with Crippen molar-refractivity contribution in [3.63, 3.8) is 0 Å². The highest BCUT2D eigenvalue weighted by Gasteiger charge is 2.09. The van der Waals surface area contributed by atoms with Gasteiger partial charge in [0.2, 0.25) is 0 Å². The molecule has 0 amide bonds. The molecule has 2 unspecified atom stereocenters. The van der Waals surface area contributed by atoms with Gasteiger partial charge in [-0.2, -0.15) is 0 Å². The van der Waals surface area contributed by atoms with Crippen molar-refractivity contribution >= 4 is 5.97 Å². The van der Waals surface area contributed by atoms with Gasteiger partial charge in [0.25, 0.3) is 0 Å². The lowest BCUT2D eigenvalue weighted by atomic mass is 10.1. The topological polar surface area (TPSA) is 130 Å². The van der Waals surface area contributed by atoms with Crippen LogP contribution in [0.3, 0.4) is 0 Å². The van der Waals surface area contributed by atoms with Crippen LogP contribution in [0.25, 0.3) is 0 Å². The lowest BCUT2D eigenvalue weighted by Crippen LogP contribution is -2.23. The van der Waals surface area contributed by atoms with E-state index in [-0.39, 0.29) is 19.3 Å². The number of carbonyl (C=O) groups is 1. The summed E-state index contributed by atoms with van der Waals surface area (Å²) in [6.07, 6.45) is 8.42. The van der Waals surface area contributed by atoms with Crippen LogP contribution in [0.1, 0.15) is 72.6 Å². The fourth-order valence-corrected chi connectivity index (χ4v) is 3.99. The fourth-order valence-electron chi connectivity index (χ4n) is 3.99. The summed E-state index contributed by atoms with van der Waals surface area (Å²) in [5, 5.41) is 8.92. The summed E-state index contributed by atoms with van der Waals surface area (Å²) < 4.78 is 54.1. The van der Waals surface area contributed by atoms with Crippen molar-refractivity contribution in [1.82, 2.24) is 0 Å². The standard InChI is InChI=1S/C29H52O8.C10H18O4/c1-2-3-4-5-6-7-11-14-30-15-16-31-17-18-32-19-20-33-21-22-34-23-24-35-25-26-36-27-28-37-29-12-9-8-10-13-29;1-7(2)10(12)14-6-9(4)13-5-8(3)11/h8-10,12-13H,2-7,11,14-28H2,1H3;8-9,11H,1,5-6H2,2-4H3. The Kier molecular flexibility index (Phi) is 37.5. The Morgan fingerprint density at radius 2 is 1.02 bits per heavy atom. The van der Waals surface area contributed by atoms with Crippen LogP contribution in [0.15, 0.2) is 42.5 Å². The minimum atomic E-state index is -0.505. The quantitative estimate of drug-likeness (QED) is 0.0507. The summed E-state index contributed by atoms with van der Waals surface area (Å²) in [6.45, 7) is 19.8. The Bertz CT molecular complexity index is 871. The Hall–Kier alpha value is -2.13. The van der Waals surface area contributed by atoms with Crippen LogP contribution in [0.5, 0.6) is 5.75 Å². The van der Waals surface area contributed by atoms with E-state index in [0.717, 1.165) is 18.8 Å². The molecule has 12 heteroatoms. The van der Waals surface area contributed by atoms with E-state index in [1.165, 1.54) is 38.5 Å². The molecule has 0 radical (unpaired) electrons. The molecule has 0 aliphatic carbocycles. The lowest BCUT2D eigenvalue weighted by Gasteiger charge is -2.14. The van der Waals surface area contributed by atoms with E-state index in [2.05, 4.69) is 13.5 Å². The number of unbranched alkanes of at least 4 members (excludes halogenated alkanes) is 6. The van der Waals surface area contributed by atoms with Gasteiger partial charge in [-0.1, -0.05) is 70.2 Å². The van der Waals surface area contributed by atoms with E-state index in [0.29, 0.717) is 98.1 Å². The van der Waals surface area contributed by atoms with Gasteiger partial charge in [0.15, 0.2) is 0 Å². The molecule has 0 fully saturated rings. The first-order valence-corrected chi connectivity index (χ1v) is 18.7. The molecule has 0 heterocycles. The summed E-state index contributed by atoms with van der Waals surface area (Å²) in [7, 11) is 0. The molecule has 1 aromatic rings. The molecule has 0 aliphatic rings. The van der Waals surface area contributed by atoms with Gasteiger partial charge >= 0.3 is 5.97 Å². The predicted molar refractivity (Wildman–Crippen MR) is 199 cm³/mol. The zero-order valence-electron chi connectivity index (χ0n) is 32.2. The number of hydrogen-bond acceptors (Lipinski definition) is 12. The number of aliphatic hydroxyl groups excluding tert-OH is 1. The molecule has 298 valence electrons. The zero-order chi connectivity index (χ0) is 37.5. The van der Waals surface area contributed by atoms with Crippen molar-refractivity contribution in [2.24, 2.45) is 0 Å². The summed E-state index contributed by atoms with van der Waals surface area (Å²) in [5.74, 6) is 0.434. The molecule has 0 spiro atoms. The van der Waals surface area contributed by atoms with Crippen LogP contribution in [0.2, 0.25) is 0 Å². The highest BCUT2D eigenvalue weighted by atomic mass is 16.6. The van der Waals surface area contributed by atoms with Crippen molar-refractivity contribution in [3.05, 3.63) is 42.5 Å². The second-order valence-electron chi connectivity index (χ2n) is 11.9. The molecule has 0 aromatic heterocycles. The number of esters is 1. The number of para-hydroxylation sites is 1. The maximum absolute atomic E-state index is 11.0. The number of benzene rings is 1. The largest absolute Gasteiger partial charge is 0.491 e. The summed E-state index contributed by atoms with van der Waals surface area (Å²) >= 11 is 0. The third-order valence-corrected chi connectivity index (χ3v) is 6.78. The lowest BCUT2D eigenvalue weighted by molar-refractivity contribution is -0.143. The number of rotatable bonds is 36. The van der Waals surface area contributed by atoms with Crippen molar-refractivity contribution < 1.29 is 57.3 Å². The van der Waals surface area contributed by atoms with Gasteiger partial charge in [0.05, 0.1) is 105 Å². The molecule has 2 atom stereocenters. The summed E-state index contributed by atoms with van der Waals surface area (Å²) in [5.41, 5.74) is 0.368. The fraction of sp³-hybridized carbons (Fsp3) is 0.769. The molecular weight excluding hydrogens is 660 g/mol. The van der Waals surface area contributed by atoms with Gasteiger partial charge in [-0.3, -0.25) is 0 Å². The van der Waals surface area contributed by atoms with Crippen molar-refractivity contribution in [2.45, 2.75) is 84.8 Å². The number of carbonyl (C=O) groups excluding carboxylic acids is 1. The van der Waals surface area contributed by atoms with E-state index in [9.17, 15) is 4.79 Å². The molecule has 1 rings (SSSR count). The van der Waals surface area contributed by atoms with Crippen LogP contribution in [0.4, 0.5) is 0 Å². The maximum atomic E-state index is 11.0. The first-order valence-electron chi connectivity index (χ1n) is 18.7. The van der Waals surface area contributed by atoms with Crippen LogP contribution < -0.4 is 4.74 Å². The third kappa shape index (κ3) is 38.9. The molecular formula is C39H70O12. The van der Waals surface area contributed by atoms with Crippen LogP contribution in [0, 0.1) is 0 Å². The average Bonchev–Trinajstić information content (AvgIpc) is 3.13. The molecule has 0 saturated heterocycles. The average molecular weight is 731 g/mol. The minimum Gasteiger partial charge on any atom is -0.491 e. The van der Waals surface area contributed by atoms with Gasteiger partial charge in [-0.05, 0) is 39.3 Å². The smallest absolute Gasteiger partial charge is 0.333 e. The molecule has 0 saturated carbocycles. The van der Waals surface area contributed by atoms with E-state index in [4.69, 9.17) is 52.5 Å². The summed E-state index contributed by atoms with van der Waals surface area (Å²) in [4.78, 5) is 11.0. The van der Waals surface area contributed by atoms with E-state index < -0.39 is 12.1 Å². The van der Waals surface area contributed by atoms with Gasteiger partial charge in [0.1, 0.15) is 19.0 Å². The van der Waals surface area contributed by atoms with Gasteiger partial charge < -0.3 is 52.5 Å².